The third kappa shape index (κ3) is 2.16. The van der Waals surface area contributed by atoms with Crippen molar-refractivity contribution in [2.24, 2.45) is 0 Å². The van der Waals surface area contributed by atoms with Crippen LogP contribution in [0.2, 0.25) is 0 Å². The quantitative estimate of drug-likeness (QED) is 0.374. The predicted octanol–water partition coefficient (Wildman–Crippen LogP) is 0.00480. The van der Waals surface area contributed by atoms with Gasteiger partial charge in [-0.2, -0.15) is 10.1 Å². The number of hydrogen-bond donors (Lipinski definition) is 0. The fourth-order valence-corrected chi connectivity index (χ4v) is 1.62. The number of carbonyl (C=O) groups is 1. The first-order chi connectivity index (χ1) is 10.1. The van der Waals surface area contributed by atoms with E-state index in [-0.39, 0.29) is 17.3 Å². The van der Waals surface area contributed by atoms with Crippen molar-refractivity contribution in [1.29, 1.82) is 0 Å². The molecule has 0 aliphatic heterocycles. The molecule has 0 bridgehead atoms. The summed E-state index contributed by atoms with van der Waals surface area (Å²) in [4.78, 5) is 29.3. The molecule has 0 unspecified atom stereocenters. The first-order valence-electron chi connectivity index (χ1n) is 5.58. The summed E-state index contributed by atoms with van der Waals surface area (Å²) in [5.74, 6) is -0.619. The number of aromatic nitrogens is 6. The van der Waals surface area contributed by atoms with Crippen LogP contribution in [-0.2, 0) is 4.74 Å². The molecule has 11 nitrogen and oxygen atoms in total. The highest BCUT2D eigenvalue weighted by atomic mass is 16.6. The maximum Gasteiger partial charge on any atom is 0.378 e. The highest BCUT2D eigenvalue weighted by Crippen LogP contribution is 2.13. The second-order valence-electron chi connectivity index (χ2n) is 3.88. The summed E-state index contributed by atoms with van der Waals surface area (Å²) >= 11 is 0. The zero-order valence-electron chi connectivity index (χ0n) is 10.6. The Hall–Kier alpha value is -3.37. The first-order valence-corrected chi connectivity index (χ1v) is 5.58. The Morgan fingerprint density at radius 1 is 1.38 bits per heavy atom. The van der Waals surface area contributed by atoms with Crippen LogP contribution in [0.25, 0.3) is 11.5 Å². The van der Waals surface area contributed by atoms with E-state index in [1.54, 1.807) is 0 Å². The Morgan fingerprint density at radius 2 is 2.19 bits per heavy atom. The van der Waals surface area contributed by atoms with Crippen LogP contribution in [0.1, 0.15) is 10.6 Å². The highest BCUT2D eigenvalue weighted by Gasteiger charge is 2.15. The minimum atomic E-state index is -0.684. The lowest BCUT2D eigenvalue weighted by molar-refractivity contribution is -0.384. The van der Waals surface area contributed by atoms with Crippen molar-refractivity contribution in [1.82, 2.24) is 29.4 Å². The van der Waals surface area contributed by atoms with Crippen LogP contribution in [0.15, 0.2) is 24.8 Å². The number of nitro groups is 1. The molecule has 3 heterocycles. The normalized spacial score (nSPS) is 10.7. The summed E-state index contributed by atoms with van der Waals surface area (Å²) in [7, 11) is 1.22. The van der Waals surface area contributed by atoms with E-state index in [1.165, 1.54) is 34.9 Å². The third-order valence-electron chi connectivity index (χ3n) is 2.59. The molecule has 3 rings (SSSR count). The van der Waals surface area contributed by atoms with Gasteiger partial charge in [0, 0.05) is 0 Å². The summed E-state index contributed by atoms with van der Waals surface area (Å²) in [6.45, 7) is 0. The van der Waals surface area contributed by atoms with Gasteiger partial charge in [-0.3, -0.25) is 10.1 Å². The van der Waals surface area contributed by atoms with Gasteiger partial charge in [-0.15, -0.1) is 5.10 Å². The molecule has 3 aromatic heterocycles. The molecular weight excluding hydrogens is 282 g/mol. The number of ether oxygens (including phenoxy) is 1. The van der Waals surface area contributed by atoms with Crippen LogP contribution < -0.4 is 0 Å². The van der Waals surface area contributed by atoms with Gasteiger partial charge in [0.2, 0.25) is 0 Å². The fraction of sp³-hybridized carbons (Fsp3) is 0.100. The molecule has 0 saturated carbocycles. The highest BCUT2D eigenvalue weighted by molar-refractivity contribution is 5.85. The average molecular weight is 289 g/mol. The molecule has 3 aromatic rings. The Bertz CT molecular complexity index is 852. The first kappa shape index (κ1) is 12.7. The summed E-state index contributed by atoms with van der Waals surface area (Å²) < 4.78 is 7.04. The standard InChI is InChI=1S/C10H7N7O4/c1-21-9(18)8-13-10-11-2-6(4-16(10)14-8)15-5-7(3-12-15)17(19)20/h2-5H,1H3. The minimum Gasteiger partial charge on any atom is -0.463 e. The Labute approximate surface area is 115 Å². The second kappa shape index (κ2) is 4.63. The van der Waals surface area contributed by atoms with Crippen LogP contribution in [0.5, 0.6) is 0 Å². The van der Waals surface area contributed by atoms with Crippen LogP contribution in [-0.4, -0.2) is 47.4 Å². The molecular formula is C10H7N7O4. The van der Waals surface area contributed by atoms with Gasteiger partial charge in [0.05, 0.1) is 24.4 Å². The van der Waals surface area contributed by atoms with Crippen molar-refractivity contribution in [3.8, 4) is 5.69 Å². The summed E-state index contributed by atoms with van der Waals surface area (Å²) in [5.41, 5.74) is 0.279. The average Bonchev–Trinajstić information content (AvgIpc) is 3.12. The lowest BCUT2D eigenvalue weighted by Crippen LogP contribution is -2.04. The van der Waals surface area contributed by atoms with Crippen molar-refractivity contribution in [2.45, 2.75) is 0 Å². The fourth-order valence-electron chi connectivity index (χ4n) is 1.62. The van der Waals surface area contributed by atoms with E-state index in [2.05, 4.69) is 24.9 Å². The van der Waals surface area contributed by atoms with Gasteiger partial charge in [-0.05, 0) is 0 Å². The SMILES string of the molecule is COC(=O)c1nc2ncc(-n3cc([N+](=O)[O-])cn3)cn2n1. The van der Waals surface area contributed by atoms with Crippen molar-refractivity contribution in [3.63, 3.8) is 0 Å². The van der Waals surface area contributed by atoms with Gasteiger partial charge in [0.15, 0.2) is 0 Å². The van der Waals surface area contributed by atoms with Gasteiger partial charge < -0.3 is 4.74 Å². The topological polar surface area (TPSA) is 130 Å². The number of carbonyl (C=O) groups excluding carboxylic acids is 1. The Morgan fingerprint density at radius 3 is 2.86 bits per heavy atom. The molecule has 0 aliphatic rings. The van der Waals surface area contributed by atoms with Crippen molar-refractivity contribution in [3.05, 3.63) is 40.7 Å². The van der Waals surface area contributed by atoms with Crippen molar-refractivity contribution < 1.29 is 14.5 Å². The van der Waals surface area contributed by atoms with Crippen LogP contribution in [0.3, 0.4) is 0 Å². The lowest BCUT2D eigenvalue weighted by atomic mass is 10.5. The molecule has 21 heavy (non-hydrogen) atoms. The number of fused-ring (bicyclic) bond motifs is 1. The zero-order chi connectivity index (χ0) is 15.0. The minimum absolute atomic E-state index is 0.131. The molecule has 0 spiro atoms. The van der Waals surface area contributed by atoms with E-state index in [4.69, 9.17) is 0 Å². The van der Waals surface area contributed by atoms with E-state index in [9.17, 15) is 14.9 Å². The van der Waals surface area contributed by atoms with Crippen molar-refractivity contribution >= 4 is 17.4 Å². The van der Waals surface area contributed by atoms with E-state index < -0.39 is 10.9 Å². The molecule has 0 aliphatic carbocycles. The molecule has 0 atom stereocenters. The number of rotatable bonds is 3. The van der Waals surface area contributed by atoms with Crippen LogP contribution in [0, 0.1) is 10.1 Å². The van der Waals surface area contributed by atoms with Gasteiger partial charge in [-0.1, -0.05) is 0 Å². The molecule has 0 amide bonds. The molecule has 11 heteroatoms. The van der Waals surface area contributed by atoms with E-state index >= 15 is 0 Å². The number of nitrogens with zero attached hydrogens (tertiary/aromatic N) is 7. The summed E-state index contributed by atoms with van der Waals surface area (Å²) in [5, 5.41) is 18.4. The predicted molar refractivity (Wildman–Crippen MR) is 65.9 cm³/mol. The Kier molecular flexibility index (Phi) is 2.79. The smallest absolute Gasteiger partial charge is 0.378 e. The maximum absolute atomic E-state index is 11.3. The number of methoxy groups -OCH3 is 1. The van der Waals surface area contributed by atoms with Gasteiger partial charge in [0.25, 0.3) is 11.6 Å². The summed E-state index contributed by atoms with van der Waals surface area (Å²) in [6, 6.07) is 0. The molecule has 0 N–H and O–H groups in total. The number of hydrogen-bond acceptors (Lipinski definition) is 8. The van der Waals surface area contributed by atoms with Gasteiger partial charge in [-0.25, -0.2) is 19.0 Å². The molecule has 0 saturated heterocycles. The van der Waals surface area contributed by atoms with Crippen LogP contribution >= 0.6 is 0 Å². The summed E-state index contributed by atoms with van der Waals surface area (Å²) in [6.07, 6.45) is 5.24. The monoisotopic (exact) mass is 289 g/mol. The third-order valence-corrected chi connectivity index (χ3v) is 2.59. The number of esters is 1. The van der Waals surface area contributed by atoms with Gasteiger partial charge >= 0.3 is 11.7 Å². The van der Waals surface area contributed by atoms with E-state index in [0.29, 0.717) is 5.69 Å². The lowest BCUT2D eigenvalue weighted by Gasteiger charge is -1.99. The maximum atomic E-state index is 11.3. The molecule has 0 radical (unpaired) electrons. The molecule has 0 fully saturated rings. The van der Waals surface area contributed by atoms with Crippen molar-refractivity contribution in [2.75, 3.05) is 7.11 Å². The zero-order valence-corrected chi connectivity index (χ0v) is 10.6. The largest absolute Gasteiger partial charge is 0.463 e. The second-order valence-corrected chi connectivity index (χ2v) is 3.88. The molecule has 106 valence electrons. The van der Waals surface area contributed by atoms with E-state index in [0.717, 1.165) is 6.20 Å². The van der Waals surface area contributed by atoms with Gasteiger partial charge in [0.1, 0.15) is 18.1 Å². The van der Waals surface area contributed by atoms with Crippen LogP contribution in [0.4, 0.5) is 5.69 Å². The van der Waals surface area contributed by atoms with E-state index in [1.807, 2.05) is 0 Å². The Balaban J connectivity index is 2.03. The molecule has 0 aromatic carbocycles.